The van der Waals surface area contributed by atoms with Crippen LogP contribution in [0, 0.1) is 5.82 Å². The largest absolute Gasteiger partial charge is 0.465 e. The van der Waals surface area contributed by atoms with Crippen LogP contribution in [0.1, 0.15) is 20.7 Å². The van der Waals surface area contributed by atoms with Gasteiger partial charge in [0.05, 0.1) is 23.9 Å². The topological polar surface area (TPSA) is 106 Å². The van der Waals surface area contributed by atoms with Crippen molar-refractivity contribution >= 4 is 28.9 Å². The van der Waals surface area contributed by atoms with Crippen LogP contribution in [0.15, 0.2) is 54.9 Å². The van der Waals surface area contributed by atoms with E-state index in [-0.39, 0.29) is 17.3 Å². The lowest BCUT2D eigenvalue weighted by atomic mass is 10.1. The molecule has 11 heteroatoms. The number of nitrogens with zero attached hydrogens (tertiary/aromatic N) is 7. The molecule has 172 valence electrons. The number of rotatable bonds is 4. The van der Waals surface area contributed by atoms with Gasteiger partial charge >= 0.3 is 5.97 Å². The molecular weight excluding hydrogens is 441 g/mol. The average Bonchev–Trinajstić information content (AvgIpc) is 3.33. The van der Waals surface area contributed by atoms with Crippen LogP contribution in [0.25, 0.3) is 16.9 Å². The zero-order valence-corrected chi connectivity index (χ0v) is 18.3. The summed E-state index contributed by atoms with van der Waals surface area (Å²) in [6.45, 7) is 1.90. The molecule has 10 nitrogen and oxygen atoms in total. The molecule has 0 N–H and O–H groups in total. The molecule has 0 radical (unpaired) electrons. The number of carbonyl (C=O) groups is 2. The van der Waals surface area contributed by atoms with E-state index in [0.717, 1.165) is 0 Å². The van der Waals surface area contributed by atoms with Crippen LogP contribution in [-0.2, 0) is 4.74 Å². The molecule has 34 heavy (non-hydrogen) atoms. The molecular formula is C23H20FN7O3. The summed E-state index contributed by atoms with van der Waals surface area (Å²) in [5.74, 6) is -0.503. The smallest absolute Gasteiger partial charge is 0.338 e. The molecule has 2 aromatic heterocycles. The summed E-state index contributed by atoms with van der Waals surface area (Å²) in [5, 5.41) is 8.43. The first kappa shape index (κ1) is 21.4. The molecule has 1 aliphatic rings. The van der Waals surface area contributed by atoms with E-state index < -0.39 is 5.97 Å². The van der Waals surface area contributed by atoms with Crippen molar-refractivity contribution in [1.82, 2.24) is 29.9 Å². The number of hydrogen-bond donors (Lipinski definition) is 0. The Morgan fingerprint density at radius 2 is 1.65 bits per heavy atom. The number of hydrogen-bond acceptors (Lipinski definition) is 8. The second-order valence-electron chi connectivity index (χ2n) is 7.66. The number of piperazine rings is 1. The van der Waals surface area contributed by atoms with Crippen LogP contribution in [-0.4, -0.2) is 75.0 Å². The molecule has 1 aliphatic heterocycles. The minimum absolute atomic E-state index is 0.226. The fourth-order valence-corrected chi connectivity index (χ4v) is 3.97. The van der Waals surface area contributed by atoms with Gasteiger partial charge in [0.1, 0.15) is 12.1 Å². The van der Waals surface area contributed by atoms with Crippen molar-refractivity contribution in [3.8, 4) is 5.69 Å². The Balaban J connectivity index is 1.36. The number of fused-ring (bicyclic) bond motifs is 1. The average molecular weight is 461 g/mol. The predicted octanol–water partition coefficient (Wildman–Crippen LogP) is 2.10. The summed E-state index contributed by atoms with van der Waals surface area (Å²) in [5.41, 5.74) is 2.21. The maximum absolute atomic E-state index is 13.3. The fraction of sp³-hybridized carbons (Fsp3) is 0.217. The molecule has 1 amide bonds. The normalized spacial score (nSPS) is 13.8. The first-order valence-corrected chi connectivity index (χ1v) is 10.6. The summed E-state index contributed by atoms with van der Waals surface area (Å²) >= 11 is 0. The van der Waals surface area contributed by atoms with Gasteiger partial charge in [-0.1, -0.05) is 17.3 Å². The van der Waals surface area contributed by atoms with Gasteiger partial charge in [-0.15, -0.1) is 5.10 Å². The van der Waals surface area contributed by atoms with Crippen LogP contribution in [0.5, 0.6) is 0 Å². The van der Waals surface area contributed by atoms with Crippen molar-refractivity contribution in [2.75, 3.05) is 38.2 Å². The SMILES string of the molecule is COC(=O)c1ccccc1C(=O)N1CCN(c2ncnc3c2nnn3-c2ccc(F)cc2)CC1. The quantitative estimate of drug-likeness (QED) is 0.426. The minimum Gasteiger partial charge on any atom is -0.465 e. The van der Waals surface area contributed by atoms with Gasteiger partial charge < -0.3 is 14.5 Å². The number of anilines is 1. The van der Waals surface area contributed by atoms with Crippen LogP contribution in [0.2, 0.25) is 0 Å². The van der Waals surface area contributed by atoms with E-state index in [1.165, 1.54) is 30.3 Å². The van der Waals surface area contributed by atoms with Crippen LogP contribution < -0.4 is 4.90 Å². The Kier molecular flexibility index (Phi) is 5.58. The zero-order chi connectivity index (χ0) is 23.7. The Labute approximate surface area is 193 Å². The Morgan fingerprint density at radius 3 is 2.35 bits per heavy atom. The second-order valence-corrected chi connectivity index (χ2v) is 7.66. The van der Waals surface area contributed by atoms with Gasteiger partial charge in [-0.05, 0) is 36.4 Å². The third kappa shape index (κ3) is 3.81. The molecule has 1 fully saturated rings. The molecule has 0 aliphatic carbocycles. The number of carbonyl (C=O) groups excluding carboxylic acids is 2. The van der Waals surface area contributed by atoms with Crippen molar-refractivity contribution in [1.29, 1.82) is 0 Å². The molecule has 0 saturated carbocycles. The highest BCUT2D eigenvalue weighted by molar-refractivity contribution is 6.05. The van der Waals surface area contributed by atoms with Crippen molar-refractivity contribution < 1.29 is 18.7 Å². The van der Waals surface area contributed by atoms with Gasteiger partial charge in [0, 0.05) is 26.2 Å². The number of esters is 1. The third-order valence-electron chi connectivity index (χ3n) is 5.72. The second kappa shape index (κ2) is 8.85. The lowest BCUT2D eigenvalue weighted by molar-refractivity contribution is 0.0589. The van der Waals surface area contributed by atoms with Gasteiger partial charge in [0.2, 0.25) is 0 Å². The van der Waals surface area contributed by atoms with E-state index in [1.807, 2.05) is 4.90 Å². The fourth-order valence-electron chi connectivity index (χ4n) is 3.97. The number of aromatic nitrogens is 5. The monoisotopic (exact) mass is 461 g/mol. The zero-order valence-electron chi connectivity index (χ0n) is 18.3. The molecule has 0 bridgehead atoms. The summed E-state index contributed by atoms with van der Waals surface area (Å²) in [7, 11) is 1.29. The number of benzene rings is 2. The van der Waals surface area contributed by atoms with E-state index in [9.17, 15) is 14.0 Å². The lowest BCUT2D eigenvalue weighted by Crippen LogP contribution is -2.49. The van der Waals surface area contributed by atoms with E-state index in [0.29, 0.717) is 54.4 Å². The van der Waals surface area contributed by atoms with E-state index in [2.05, 4.69) is 20.3 Å². The number of ether oxygens (including phenoxy) is 1. The highest BCUT2D eigenvalue weighted by atomic mass is 19.1. The van der Waals surface area contributed by atoms with Crippen LogP contribution in [0.4, 0.5) is 10.2 Å². The summed E-state index contributed by atoms with van der Waals surface area (Å²) in [6.07, 6.45) is 1.44. The number of halogens is 1. The maximum atomic E-state index is 13.3. The van der Waals surface area contributed by atoms with Crippen molar-refractivity contribution in [2.45, 2.75) is 0 Å². The number of methoxy groups -OCH3 is 1. The highest BCUT2D eigenvalue weighted by Crippen LogP contribution is 2.24. The molecule has 0 spiro atoms. The summed E-state index contributed by atoms with van der Waals surface area (Å²) in [6, 6.07) is 12.5. The molecule has 2 aromatic carbocycles. The minimum atomic E-state index is -0.546. The molecule has 3 heterocycles. The first-order valence-electron chi connectivity index (χ1n) is 10.6. The lowest BCUT2D eigenvalue weighted by Gasteiger charge is -2.35. The molecule has 1 saturated heterocycles. The Bertz CT molecular complexity index is 1360. The molecule has 5 rings (SSSR count). The first-order chi connectivity index (χ1) is 16.6. The van der Waals surface area contributed by atoms with Crippen LogP contribution in [0.3, 0.4) is 0 Å². The molecule has 4 aromatic rings. The van der Waals surface area contributed by atoms with E-state index >= 15 is 0 Å². The van der Waals surface area contributed by atoms with Crippen molar-refractivity contribution in [3.63, 3.8) is 0 Å². The van der Waals surface area contributed by atoms with Gasteiger partial charge in [-0.25, -0.2) is 19.2 Å². The number of amides is 1. The van der Waals surface area contributed by atoms with Crippen LogP contribution >= 0.6 is 0 Å². The van der Waals surface area contributed by atoms with Gasteiger partial charge in [-0.3, -0.25) is 4.79 Å². The standard InChI is InChI=1S/C23H20FN7O3/c1-34-23(33)18-5-3-2-4-17(18)22(32)30-12-10-29(11-13-30)20-19-21(26-14-25-20)31(28-27-19)16-8-6-15(24)7-9-16/h2-9,14H,10-13H2,1H3. The van der Waals surface area contributed by atoms with Gasteiger partial charge in [-0.2, -0.15) is 4.68 Å². The summed E-state index contributed by atoms with van der Waals surface area (Å²) < 4.78 is 19.6. The Hall–Kier alpha value is -4.41. The van der Waals surface area contributed by atoms with Gasteiger partial charge in [0.15, 0.2) is 17.0 Å². The van der Waals surface area contributed by atoms with E-state index in [1.54, 1.807) is 41.3 Å². The van der Waals surface area contributed by atoms with Crippen molar-refractivity contribution in [2.24, 2.45) is 0 Å². The van der Waals surface area contributed by atoms with E-state index in [4.69, 9.17) is 4.74 Å². The van der Waals surface area contributed by atoms with Crippen molar-refractivity contribution in [3.05, 3.63) is 71.8 Å². The van der Waals surface area contributed by atoms with Gasteiger partial charge in [0.25, 0.3) is 5.91 Å². The molecule has 0 unspecified atom stereocenters. The summed E-state index contributed by atoms with van der Waals surface area (Å²) in [4.78, 5) is 37.6. The third-order valence-corrected chi connectivity index (χ3v) is 5.72. The predicted molar refractivity (Wildman–Crippen MR) is 120 cm³/mol. The maximum Gasteiger partial charge on any atom is 0.338 e. The highest BCUT2D eigenvalue weighted by Gasteiger charge is 2.27. The molecule has 0 atom stereocenters. The Morgan fingerprint density at radius 1 is 0.941 bits per heavy atom.